The van der Waals surface area contributed by atoms with Crippen LogP contribution < -0.4 is 0 Å². The zero-order valence-electron chi connectivity index (χ0n) is 10.1. The van der Waals surface area contributed by atoms with E-state index in [1.165, 1.54) is 18.4 Å². The minimum atomic E-state index is 0.801. The van der Waals surface area contributed by atoms with Gasteiger partial charge in [-0.05, 0) is 19.1 Å². The Morgan fingerprint density at radius 1 is 0.857 bits per heavy atom. The van der Waals surface area contributed by atoms with Gasteiger partial charge in [0.15, 0.2) is 0 Å². The summed E-state index contributed by atoms with van der Waals surface area (Å²) in [6, 6.07) is 7.75. The Labute approximate surface area is 94.3 Å². The molecule has 0 aromatic heterocycles. The fourth-order valence-electron chi connectivity index (χ4n) is 0.533. The summed E-state index contributed by atoms with van der Waals surface area (Å²) < 4.78 is 0. The van der Waals surface area contributed by atoms with Crippen molar-refractivity contribution in [2.24, 2.45) is 0 Å². The Morgan fingerprint density at radius 3 is 1.36 bits per heavy atom. The predicted octanol–water partition coefficient (Wildman–Crippen LogP) is 5.48. The number of hydrogen-bond donors (Lipinski definition) is 0. The summed E-state index contributed by atoms with van der Waals surface area (Å²) in [5.74, 6) is 0. The van der Waals surface area contributed by atoms with Crippen molar-refractivity contribution in [2.45, 2.75) is 47.5 Å². The molecule has 0 bridgehead atoms. The van der Waals surface area contributed by atoms with E-state index in [-0.39, 0.29) is 0 Å². The van der Waals surface area contributed by atoms with Gasteiger partial charge in [0.1, 0.15) is 0 Å². The van der Waals surface area contributed by atoms with Crippen LogP contribution in [0.4, 0.5) is 0 Å². The Morgan fingerprint density at radius 2 is 1.14 bits per heavy atom. The molecule has 0 amide bonds. The molecule has 0 spiro atoms. The Kier molecular flexibility index (Phi) is 14.3. The molecule has 14 heavy (non-hydrogen) atoms. The van der Waals surface area contributed by atoms with Gasteiger partial charge in [0.25, 0.3) is 0 Å². The third kappa shape index (κ3) is 14.1. The van der Waals surface area contributed by atoms with Crippen LogP contribution in [-0.4, -0.2) is 0 Å². The molecule has 0 saturated heterocycles. The lowest BCUT2D eigenvalue weighted by molar-refractivity contribution is 1.09. The fourth-order valence-corrected chi connectivity index (χ4v) is 0.659. The summed E-state index contributed by atoms with van der Waals surface area (Å²) in [6.45, 7) is 10.5. The van der Waals surface area contributed by atoms with Crippen LogP contribution in [-0.2, 0) is 0 Å². The molecule has 0 atom stereocenters. The van der Waals surface area contributed by atoms with E-state index in [0.29, 0.717) is 0 Å². The van der Waals surface area contributed by atoms with E-state index in [9.17, 15) is 0 Å². The highest BCUT2D eigenvalue weighted by Crippen LogP contribution is 2.07. The molecule has 1 heteroatoms. The molecular formula is C13H23Cl. The number of rotatable bonds is 0. The van der Waals surface area contributed by atoms with Gasteiger partial charge < -0.3 is 0 Å². The van der Waals surface area contributed by atoms with Gasteiger partial charge in [-0.15, -0.1) is 0 Å². The first-order valence-electron chi connectivity index (χ1n) is 5.34. The van der Waals surface area contributed by atoms with Crippen molar-refractivity contribution in [3.05, 3.63) is 34.9 Å². The summed E-state index contributed by atoms with van der Waals surface area (Å²) in [5.41, 5.74) is 1.24. The number of aryl methyl sites for hydroxylation is 1. The largest absolute Gasteiger partial charge is 0.0843 e. The highest BCUT2D eigenvalue weighted by molar-refractivity contribution is 6.30. The molecule has 82 valence electrons. The molecule has 0 unspecified atom stereocenters. The van der Waals surface area contributed by atoms with Gasteiger partial charge in [-0.1, -0.05) is 69.8 Å². The van der Waals surface area contributed by atoms with Gasteiger partial charge in [0.2, 0.25) is 0 Å². The van der Waals surface area contributed by atoms with E-state index in [1.807, 2.05) is 31.2 Å². The third-order valence-corrected chi connectivity index (χ3v) is 1.26. The Balaban J connectivity index is 0. The van der Waals surface area contributed by atoms with Gasteiger partial charge in [-0.3, -0.25) is 0 Å². The van der Waals surface area contributed by atoms with Crippen molar-refractivity contribution in [1.82, 2.24) is 0 Å². The van der Waals surface area contributed by atoms with Crippen molar-refractivity contribution in [3.8, 4) is 0 Å². The minimum absolute atomic E-state index is 0.801. The van der Waals surface area contributed by atoms with Gasteiger partial charge in [-0.25, -0.2) is 0 Å². The minimum Gasteiger partial charge on any atom is -0.0843 e. The van der Waals surface area contributed by atoms with Gasteiger partial charge in [-0.2, -0.15) is 0 Å². The summed E-state index contributed by atoms with van der Waals surface area (Å²) in [4.78, 5) is 0. The molecule has 0 saturated carbocycles. The summed E-state index contributed by atoms with van der Waals surface area (Å²) in [6.07, 6.45) is 2.50. The maximum absolute atomic E-state index is 5.61. The van der Waals surface area contributed by atoms with E-state index >= 15 is 0 Å². The molecule has 0 aliphatic heterocycles. The van der Waals surface area contributed by atoms with Crippen LogP contribution in [0.2, 0.25) is 5.02 Å². The molecule has 1 rings (SSSR count). The molecule has 0 N–H and O–H groups in total. The van der Waals surface area contributed by atoms with Crippen LogP contribution in [0.15, 0.2) is 24.3 Å². The van der Waals surface area contributed by atoms with Gasteiger partial charge in [0.05, 0.1) is 0 Å². The van der Waals surface area contributed by atoms with E-state index in [1.54, 1.807) is 0 Å². The molecule has 0 fully saturated rings. The SMILES string of the molecule is CCC.CCC.Cc1ccc(Cl)cc1. The quantitative estimate of drug-likeness (QED) is 0.537. The first kappa shape index (κ1) is 16.0. The van der Waals surface area contributed by atoms with E-state index in [0.717, 1.165) is 5.02 Å². The lowest BCUT2D eigenvalue weighted by Gasteiger charge is -1.88. The monoisotopic (exact) mass is 214 g/mol. The summed E-state index contributed by atoms with van der Waals surface area (Å²) >= 11 is 5.61. The average molecular weight is 215 g/mol. The topological polar surface area (TPSA) is 0 Å². The van der Waals surface area contributed by atoms with Crippen molar-refractivity contribution in [2.75, 3.05) is 0 Å². The molecule has 1 aromatic rings. The number of halogens is 1. The second kappa shape index (κ2) is 12.5. The molecule has 0 nitrogen and oxygen atoms in total. The molecule has 0 radical (unpaired) electrons. The zero-order chi connectivity index (χ0) is 11.4. The Bertz CT molecular complexity index is 166. The van der Waals surface area contributed by atoms with Crippen LogP contribution in [0.3, 0.4) is 0 Å². The predicted molar refractivity (Wildman–Crippen MR) is 68.1 cm³/mol. The molecule has 0 aliphatic carbocycles. The lowest BCUT2D eigenvalue weighted by Crippen LogP contribution is -1.66. The highest BCUT2D eigenvalue weighted by Gasteiger charge is 1.81. The zero-order valence-corrected chi connectivity index (χ0v) is 10.9. The maximum atomic E-state index is 5.61. The van der Waals surface area contributed by atoms with Crippen molar-refractivity contribution in [1.29, 1.82) is 0 Å². The molecule has 0 aliphatic rings. The van der Waals surface area contributed by atoms with Crippen LogP contribution in [0.1, 0.15) is 46.1 Å². The summed E-state index contributed by atoms with van der Waals surface area (Å²) in [5, 5.41) is 0.801. The van der Waals surface area contributed by atoms with Crippen LogP contribution in [0.25, 0.3) is 0 Å². The first-order chi connectivity index (χ1) is 6.62. The van der Waals surface area contributed by atoms with E-state index < -0.39 is 0 Å². The standard InChI is InChI=1S/C7H7Cl.2C3H8/c1-6-2-4-7(8)5-3-6;2*1-3-2/h2-5H,1H3;2*3H2,1-2H3. The van der Waals surface area contributed by atoms with Gasteiger partial charge in [0, 0.05) is 5.02 Å². The lowest BCUT2D eigenvalue weighted by atomic mass is 10.2. The van der Waals surface area contributed by atoms with Crippen molar-refractivity contribution in [3.63, 3.8) is 0 Å². The smallest absolute Gasteiger partial charge is 0.0406 e. The number of benzene rings is 1. The Hall–Kier alpha value is -0.490. The van der Waals surface area contributed by atoms with Crippen LogP contribution in [0, 0.1) is 6.92 Å². The molecular weight excluding hydrogens is 192 g/mol. The first-order valence-corrected chi connectivity index (χ1v) is 5.72. The maximum Gasteiger partial charge on any atom is 0.0406 e. The van der Waals surface area contributed by atoms with Gasteiger partial charge >= 0.3 is 0 Å². The average Bonchev–Trinajstić information content (AvgIpc) is 2.13. The summed E-state index contributed by atoms with van der Waals surface area (Å²) in [7, 11) is 0. The second-order valence-electron chi connectivity index (χ2n) is 3.21. The van der Waals surface area contributed by atoms with Crippen LogP contribution in [0.5, 0.6) is 0 Å². The van der Waals surface area contributed by atoms with Crippen molar-refractivity contribution < 1.29 is 0 Å². The van der Waals surface area contributed by atoms with Crippen molar-refractivity contribution >= 4 is 11.6 Å². The highest BCUT2D eigenvalue weighted by atomic mass is 35.5. The number of hydrogen-bond acceptors (Lipinski definition) is 0. The molecule has 0 heterocycles. The fraction of sp³-hybridized carbons (Fsp3) is 0.538. The van der Waals surface area contributed by atoms with E-state index in [4.69, 9.17) is 11.6 Å². The van der Waals surface area contributed by atoms with Crippen LogP contribution >= 0.6 is 11.6 Å². The second-order valence-corrected chi connectivity index (χ2v) is 3.65. The third-order valence-electron chi connectivity index (χ3n) is 1.01. The molecule has 1 aromatic carbocycles. The van der Waals surface area contributed by atoms with E-state index in [2.05, 4.69) is 27.7 Å². The normalized spacial score (nSPS) is 7.86.